The van der Waals surface area contributed by atoms with Gasteiger partial charge in [0.05, 0.1) is 6.20 Å². The van der Waals surface area contributed by atoms with Crippen molar-refractivity contribution in [2.45, 2.75) is 13.5 Å². The number of likely N-dealkylation sites (N-methyl/N-ethyl adjacent to an activating group) is 1. The molecule has 0 spiro atoms. The molecule has 0 fully saturated rings. The van der Waals surface area contributed by atoms with Crippen LogP contribution in [-0.2, 0) is 18.4 Å². The molecule has 0 radical (unpaired) electrons. The zero-order valence-corrected chi connectivity index (χ0v) is 13.3. The maximum atomic E-state index is 13.0. The number of carbonyl (C=O) groups excluding carboxylic acids is 1. The Kier molecular flexibility index (Phi) is 4.11. The molecule has 0 bridgehead atoms. The van der Waals surface area contributed by atoms with E-state index in [1.54, 1.807) is 7.05 Å². The topological polar surface area (TPSA) is 73.0 Å². The van der Waals surface area contributed by atoms with E-state index in [0.29, 0.717) is 23.3 Å². The largest absolute Gasteiger partial charge is 0.311 e. The first kappa shape index (κ1) is 15.9. The van der Waals surface area contributed by atoms with Gasteiger partial charge in [0, 0.05) is 19.3 Å². The molecule has 124 valence electrons. The van der Waals surface area contributed by atoms with Crippen molar-refractivity contribution in [3.8, 4) is 0 Å². The molecule has 0 N–H and O–H groups in total. The van der Waals surface area contributed by atoms with Crippen LogP contribution in [0.2, 0.25) is 0 Å². The van der Waals surface area contributed by atoms with Gasteiger partial charge in [-0.1, -0.05) is 0 Å². The molecule has 8 heteroatoms. The number of amides is 1. The maximum Gasteiger partial charge on any atom is 0.264 e. The summed E-state index contributed by atoms with van der Waals surface area (Å²) < 4.78 is 15.8. The summed E-state index contributed by atoms with van der Waals surface area (Å²) in [5, 5.41) is 4.35. The number of anilines is 1. The van der Waals surface area contributed by atoms with Gasteiger partial charge in [0.25, 0.3) is 5.56 Å². The van der Waals surface area contributed by atoms with E-state index in [9.17, 15) is 14.0 Å². The van der Waals surface area contributed by atoms with Crippen molar-refractivity contribution < 1.29 is 9.18 Å². The van der Waals surface area contributed by atoms with Crippen molar-refractivity contribution in [1.29, 1.82) is 0 Å². The van der Waals surface area contributed by atoms with Crippen LogP contribution in [0.5, 0.6) is 0 Å². The molecular formula is C16H16FN5O2. The summed E-state index contributed by atoms with van der Waals surface area (Å²) in [7, 11) is 1.69. The Labute approximate surface area is 136 Å². The van der Waals surface area contributed by atoms with Gasteiger partial charge in [-0.15, -0.1) is 0 Å². The third-order valence-corrected chi connectivity index (χ3v) is 3.78. The first-order valence-electron chi connectivity index (χ1n) is 7.44. The van der Waals surface area contributed by atoms with Crippen LogP contribution in [0.4, 0.5) is 10.1 Å². The van der Waals surface area contributed by atoms with E-state index >= 15 is 0 Å². The second kappa shape index (κ2) is 6.23. The fraction of sp³-hybridized carbons (Fsp3) is 0.250. The third kappa shape index (κ3) is 2.78. The highest BCUT2D eigenvalue weighted by Gasteiger charge is 2.16. The van der Waals surface area contributed by atoms with Gasteiger partial charge < -0.3 is 4.90 Å². The standard InChI is InChI=1S/C16H16FN5O2/c1-3-22(12-6-4-11(17)5-7-12)14(23)9-21-10-18-15-13(16(21)24)8-19-20(15)2/h4-8,10H,3,9H2,1-2H3. The summed E-state index contributed by atoms with van der Waals surface area (Å²) >= 11 is 0. The fourth-order valence-corrected chi connectivity index (χ4v) is 2.53. The summed E-state index contributed by atoms with van der Waals surface area (Å²) in [5.41, 5.74) is 0.721. The van der Waals surface area contributed by atoms with E-state index in [1.807, 2.05) is 6.92 Å². The lowest BCUT2D eigenvalue weighted by Gasteiger charge is -2.21. The number of hydrogen-bond acceptors (Lipinski definition) is 4. The van der Waals surface area contributed by atoms with Crippen molar-refractivity contribution in [3.63, 3.8) is 0 Å². The third-order valence-electron chi connectivity index (χ3n) is 3.78. The predicted molar refractivity (Wildman–Crippen MR) is 87.2 cm³/mol. The highest BCUT2D eigenvalue weighted by Crippen LogP contribution is 2.15. The summed E-state index contributed by atoms with van der Waals surface area (Å²) in [6, 6.07) is 5.64. The molecule has 0 aliphatic rings. The monoisotopic (exact) mass is 329 g/mol. The van der Waals surface area contributed by atoms with Crippen LogP contribution < -0.4 is 10.5 Å². The van der Waals surface area contributed by atoms with E-state index < -0.39 is 0 Å². The minimum absolute atomic E-state index is 0.151. The SMILES string of the molecule is CCN(C(=O)Cn1cnc2c(cnn2C)c1=O)c1ccc(F)cc1. The Hall–Kier alpha value is -3.03. The van der Waals surface area contributed by atoms with Crippen molar-refractivity contribution in [2.24, 2.45) is 7.05 Å². The number of carbonyl (C=O) groups is 1. The Morgan fingerprint density at radius 2 is 2.00 bits per heavy atom. The second-order valence-electron chi connectivity index (χ2n) is 5.30. The van der Waals surface area contributed by atoms with Crippen LogP contribution in [0.15, 0.2) is 41.6 Å². The van der Waals surface area contributed by atoms with Gasteiger partial charge in [-0.25, -0.2) is 9.37 Å². The summed E-state index contributed by atoms with van der Waals surface area (Å²) in [5.74, 6) is -0.652. The first-order valence-corrected chi connectivity index (χ1v) is 7.44. The minimum Gasteiger partial charge on any atom is -0.311 e. The summed E-state index contributed by atoms with van der Waals surface area (Å²) in [6.07, 6.45) is 2.77. The Morgan fingerprint density at radius 3 is 2.67 bits per heavy atom. The Morgan fingerprint density at radius 1 is 1.29 bits per heavy atom. The van der Waals surface area contributed by atoms with Gasteiger partial charge in [0.2, 0.25) is 5.91 Å². The molecule has 3 aromatic rings. The van der Waals surface area contributed by atoms with Crippen LogP contribution in [0.3, 0.4) is 0 Å². The average molecular weight is 329 g/mol. The molecule has 0 atom stereocenters. The lowest BCUT2D eigenvalue weighted by atomic mass is 10.2. The number of aryl methyl sites for hydroxylation is 1. The Balaban J connectivity index is 1.89. The van der Waals surface area contributed by atoms with E-state index in [2.05, 4.69) is 10.1 Å². The molecule has 7 nitrogen and oxygen atoms in total. The first-order chi connectivity index (χ1) is 11.5. The number of benzene rings is 1. The molecule has 1 amide bonds. The molecule has 1 aromatic carbocycles. The van der Waals surface area contributed by atoms with E-state index in [-0.39, 0.29) is 23.8 Å². The zero-order chi connectivity index (χ0) is 17.3. The molecule has 0 aliphatic carbocycles. The number of nitrogens with zero attached hydrogens (tertiary/aromatic N) is 5. The van der Waals surface area contributed by atoms with Crippen molar-refractivity contribution in [2.75, 3.05) is 11.4 Å². The molecule has 0 saturated carbocycles. The van der Waals surface area contributed by atoms with Gasteiger partial charge in [-0.05, 0) is 31.2 Å². The Bertz CT molecular complexity index is 945. The summed E-state index contributed by atoms with van der Waals surface area (Å²) in [4.78, 5) is 30.6. The van der Waals surface area contributed by atoms with Crippen molar-refractivity contribution >= 4 is 22.6 Å². The van der Waals surface area contributed by atoms with Crippen LogP contribution in [-0.4, -0.2) is 31.8 Å². The predicted octanol–water partition coefficient (Wildman–Crippen LogP) is 1.32. The number of aromatic nitrogens is 4. The molecule has 2 heterocycles. The lowest BCUT2D eigenvalue weighted by molar-refractivity contribution is -0.119. The molecule has 2 aromatic heterocycles. The molecule has 0 aliphatic heterocycles. The molecule has 3 rings (SSSR count). The summed E-state index contributed by atoms with van der Waals surface area (Å²) in [6.45, 7) is 2.07. The second-order valence-corrected chi connectivity index (χ2v) is 5.30. The van der Waals surface area contributed by atoms with E-state index in [4.69, 9.17) is 0 Å². The average Bonchev–Trinajstić information content (AvgIpc) is 2.94. The van der Waals surface area contributed by atoms with E-state index in [1.165, 1.54) is 50.9 Å². The van der Waals surface area contributed by atoms with Gasteiger partial charge in [-0.3, -0.25) is 18.8 Å². The number of hydrogen-bond donors (Lipinski definition) is 0. The molecule has 0 unspecified atom stereocenters. The normalized spacial score (nSPS) is 11.0. The molecular weight excluding hydrogens is 313 g/mol. The minimum atomic E-state index is -0.371. The van der Waals surface area contributed by atoms with Gasteiger partial charge in [-0.2, -0.15) is 5.10 Å². The number of rotatable bonds is 4. The van der Waals surface area contributed by atoms with Crippen molar-refractivity contribution in [3.05, 3.63) is 53.0 Å². The van der Waals surface area contributed by atoms with Gasteiger partial charge in [0.15, 0.2) is 5.65 Å². The quantitative estimate of drug-likeness (QED) is 0.724. The fourth-order valence-electron chi connectivity index (χ4n) is 2.53. The highest BCUT2D eigenvalue weighted by molar-refractivity contribution is 5.93. The van der Waals surface area contributed by atoms with Crippen LogP contribution in [0.25, 0.3) is 11.0 Å². The lowest BCUT2D eigenvalue weighted by Crippen LogP contribution is -2.36. The maximum absolute atomic E-state index is 13.0. The smallest absolute Gasteiger partial charge is 0.264 e. The molecule has 24 heavy (non-hydrogen) atoms. The molecule has 0 saturated heterocycles. The van der Waals surface area contributed by atoms with Crippen LogP contribution in [0.1, 0.15) is 6.92 Å². The van der Waals surface area contributed by atoms with Gasteiger partial charge in [0.1, 0.15) is 24.1 Å². The van der Waals surface area contributed by atoms with Gasteiger partial charge >= 0.3 is 0 Å². The number of halogens is 1. The highest BCUT2D eigenvalue weighted by atomic mass is 19.1. The number of fused-ring (bicyclic) bond motifs is 1. The zero-order valence-electron chi connectivity index (χ0n) is 13.3. The van der Waals surface area contributed by atoms with Crippen LogP contribution in [0, 0.1) is 5.82 Å². The van der Waals surface area contributed by atoms with E-state index in [0.717, 1.165) is 0 Å². The van der Waals surface area contributed by atoms with Crippen molar-refractivity contribution in [1.82, 2.24) is 19.3 Å². The van der Waals surface area contributed by atoms with Crippen LogP contribution >= 0.6 is 0 Å².